The zero-order valence-corrected chi connectivity index (χ0v) is 12.9. The topological polar surface area (TPSA) is 49.4 Å². The lowest BCUT2D eigenvalue weighted by atomic mass is 9.94. The first-order valence-corrected chi connectivity index (χ1v) is 8.09. The Labute approximate surface area is 133 Å². The molecule has 1 N–H and O–H groups in total. The quantitative estimate of drug-likeness (QED) is 0.930. The van der Waals surface area contributed by atoms with E-state index < -0.39 is 17.6 Å². The van der Waals surface area contributed by atoms with E-state index in [1.807, 2.05) is 4.90 Å². The normalized spacial score (nSPS) is 22.4. The van der Waals surface area contributed by atoms with Crippen LogP contribution in [-0.2, 0) is 9.59 Å². The van der Waals surface area contributed by atoms with E-state index in [0.29, 0.717) is 6.54 Å². The van der Waals surface area contributed by atoms with Crippen LogP contribution in [0.15, 0.2) is 18.2 Å². The van der Waals surface area contributed by atoms with Gasteiger partial charge in [-0.1, -0.05) is 19.3 Å². The summed E-state index contributed by atoms with van der Waals surface area (Å²) in [5.41, 5.74) is 0.0797. The van der Waals surface area contributed by atoms with Gasteiger partial charge in [-0.15, -0.1) is 0 Å². The van der Waals surface area contributed by atoms with Crippen LogP contribution in [0.1, 0.15) is 38.5 Å². The summed E-state index contributed by atoms with van der Waals surface area (Å²) >= 11 is 0. The second-order valence-electron chi connectivity index (χ2n) is 6.39. The van der Waals surface area contributed by atoms with Crippen LogP contribution in [0.5, 0.6) is 0 Å². The number of rotatable bonds is 3. The molecule has 1 aliphatic heterocycles. The van der Waals surface area contributed by atoms with Crippen molar-refractivity contribution in [3.63, 3.8) is 0 Å². The number of halogens is 2. The molecule has 0 radical (unpaired) electrons. The van der Waals surface area contributed by atoms with Gasteiger partial charge in [0.25, 0.3) is 0 Å². The van der Waals surface area contributed by atoms with Gasteiger partial charge in [-0.25, -0.2) is 8.78 Å². The molecular weight excluding hydrogens is 302 g/mol. The van der Waals surface area contributed by atoms with E-state index in [1.54, 1.807) is 0 Å². The first-order chi connectivity index (χ1) is 11.0. The van der Waals surface area contributed by atoms with Crippen LogP contribution >= 0.6 is 0 Å². The Morgan fingerprint density at radius 2 is 1.74 bits per heavy atom. The van der Waals surface area contributed by atoms with E-state index in [-0.39, 0.29) is 30.0 Å². The zero-order chi connectivity index (χ0) is 16.4. The highest BCUT2D eigenvalue weighted by Gasteiger charge is 2.38. The summed E-state index contributed by atoms with van der Waals surface area (Å²) in [5.74, 6) is -2.31. The van der Waals surface area contributed by atoms with Gasteiger partial charge < -0.3 is 10.2 Å². The maximum absolute atomic E-state index is 13.2. The van der Waals surface area contributed by atoms with Gasteiger partial charge in [0.05, 0.1) is 5.92 Å². The summed E-state index contributed by atoms with van der Waals surface area (Å²) in [6.07, 6.45) is 5.60. The number of nitrogens with one attached hydrogen (secondary N) is 1. The summed E-state index contributed by atoms with van der Waals surface area (Å²) in [6, 6.07) is 3.12. The van der Waals surface area contributed by atoms with E-state index in [9.17, 15) is 18.4 Å². The summed E-state index contributed by atoms with van der Waals surface area (Å²) in [5, 5.41) is 2.51. The van der Waals surface area contributed by atoms with Gasteiger partial charge in [-0.2, -0.15) is 0 Å². The number of anilines is 1. The monoisotopic (exact) mass is 322 g/mol. The zero-order valence-electron chi connectivity index (χ0n) is 12.9. The standard InChI is InChI=1S/C17H20F2N2O2/c18-12-7-13(19)9-14(8-12)20-17(23)11-6-16(22)21(10-11)15-4-2-1-3-5-15/h7-9,11,15H,1-6,10H2,(H,20,23)/t11-/m0/s1. The summed E-state index contributed by atoms with van der Waals surface area (Å²) in [7, 11) is 0. The van der Waals surface area contributed by atoms with Crippen LogP contribution < -0.4 is 5.32 Å². The fourth-order valence-electron chi connectivity index (χ4n) is 3.52. The van der Waals surface area contributed by atoms with Gasteiger partial charge in [-0.05, 0) is 25.0 Å². The van der Waals surface area contributed by atoms with Gasteiger partial charge in [0.15, 0.2) is 0 Å². The number of carbonyl (C=O) groups is 2. The molecule has 4 nitrogen and oxygen atoms in total. The Bertz CT molecular complexity index is 594. The molecule has 1 saturated heterocycles. The largest absolute Gasteiger partial charge is 0.339 e. The van der Waals surface area contributed by atoms with Crippen molar-refractivity contribution in [1.82, 2.24) is 4.90 Å². The summed E-state index contributed by atoms with van der Waals surface area (Å²) < 4.78 is 26.3. The molecule has 0 bridgehead atoms. The van der Waals surface area contributed by atoms with Crippen LogP contribution in [0.2, 0.25) is 0 Å². The van der Waals surface area contributed by atoms with E-state index >= 15 is 0 Å². The van der Waals surface area contributed by atoms with Crippen LogP contribution in [0, 0.1) is 17.6 Å². The molecule has 6 heteroatoms. The molecule has 1 atom stereocenters. The van der Waals surface area contributed by atoms with Crippen molar-refractivity contribution in [1.29, 1.82) is 0 Å². The highest BCUT2D eigenvalue weighted by Crippen LogP contribution is 2.29. The lowest BCUT2D eigenvalue weighted by Crippen LogP contribution is -2.38. The minimum atomic E-state index is -0.744. The van der Waals surface area contributed by atoms with Crippen LogP contribution in [0.3, 0.4) is 0 Å². The lowest BCUT2D eigenvalue weighted by molar-refractivity contribution is -0.130. The van der Waals surface area contributed by atoms with E-state index in [2.05, 4.69) is 5.32 Å². The van der Waals surface area contributed by atoms with E-state index in [4.69, 9.17) is 0 Å². The number of likely N-dealkylation sites (tertiary alicyclic amines) is 1. The summed E-state index contributed by atoms with van der Waals surface area (Å²) in [4.78, 5) is 26.3. The molecule has 0 spiro atoms. The SMILES string of the molecule is O=C(Nc1cc(F)cc(F)c1)[C@H]1CC(=O)N(C2CCCCC2)C1. The third kappa shape index (κ3) is 3.68. The minimum Gasteiger partial charge on any atom is -0.339 e. The maximum atomic E-state index is 13.2. The van der Waals surface area contributed by atoms with Crippen molar-refractivity contribution in [3.05, 3.63) is 29.8 Å². The molecule has 2 fully saturated rings. The molecule has 1 heterocycles. The fourth-order valence-corrected chi connectivity index (χ4v) is 3.52. The Hall–Kier alpha value is -1.98. The molecule has 1 aliphatic carbocycles. The average molecular weight is 322 g/mol. The third-order valence-electron chi connectivity index (χ3n) is 4.67. The van der Waals surface area contributed by atoms with Crippen molar-refractivity contribution < 1.29 is 18.4 Å². The van der Waals surface area contributed by atoms with Gasteiger partial charge in [0.1, 0.15) is 11.6 Å². The van der Waals surface area contributed by atoms with Gasteiger partial charge in [0, 0.05) is 30.8 Å². The third-order valence-corrected chi connectivity index (χ3v) is 4.67. The Kier molecular flexibility index (Phi) is 4.59. The van der Waals surface area contributed by atoms with Gasteiger partial charge in [0.2, 0.25) is 11.8 Å². The number of amides is 2. The Morgan fingerprint density at radius 3 is 2.39 bits per heavy atom. The second kappa shape index (κ2) is 6.64. The number of carbonyl (C=O) groups excluding carboxylic acids is 2. The van der Waals surface area contributed by atoms with Gasteiger partial charge in [-0.3, -0.25) is 9.59 Å². The predicted molar refractivity (Wildman–Crippen MR) is 81.7 cm³/mol. The molecule has 0 aromatic heterocycles. The fraction of sp³-hybridized carbons (Fsp3) is 0.529. The van der Waals surface area contributed by atoms with E-state index in [0.717, 1.165) is 43.9 Å². The van der Waals surface area contributed by atoms with Crippen LogP contribution in [-0.4, -0.2) is 29.3 Å². The minimum absolute atomic E-state index is 0.00229. The van der Waals surface area contributed by atoms with Crippen molar-refractivity contribution in [2.75, 3.05) is 11.9 Å². The molecule has 2 aliphatic rings. The molecule has 0 unspecified atom stereocenters. The van der Waals surface area contributed by atoms with Crippen LogP contribution in [0.4, 0.5) is 14.5 Å². The molecule has 1 aromatic rings. The smallest absolute Gasteiger partial charge is 0.229 e. The highest BCUT2D eigenvalue weighted by atomic mass is 19.1. The van der Waals surface area contributed by atoms with Crippen molar-refractivity contribution in [3.8, 4) is 0 Å². The lowest BCUT2D eigenvalue weighted by Gasteiger charge is -2.31. The number of benzene rings is 1. The molecule has 2 amide bonds. The van der Waals surface area contributed by atoms with Crippen molar-refractivity contribution in [2.24, 2.45) is 5.92 Å². The molecule has 23 heavy (non-hydrogen) atoms. The Balaban J connectivity index is 1.63. The van der Waals surface area contributed by atoms with Crippen molar-refractivity contribution >= 4 is 17.5 Å². The molecule has 124 valence electrons. The highest BCUT2D eigenvalue weighted by molar-refractivity contribution is 5.97. The van der Waals surface area contributed by atoms with Crippen LogP contribution in [0.25, 0.3) is 0 Å². The Morgan fingerprint density at radius 1 is 1.09 bits per heavy atom. The molecule has 3 rings (SSSR count). The first-order valence-electron chi connectivity index (χ1n) is 8.09. The maximum Gasteiger partial charge on any atom is 0.229 e. The van der Waals surface area contributed by atoms with Gasteiger partial charge >= 0.3 is 0 Å². The predicted octanol–water partition coefficient (Wildman–Crippen LogP) is 3.08. The first kappa shape index (κ1) is 15.9. The van der Waals surface area contributed by atoms with E-state index in [1.165, 1.54) is 6.42 Å². The number of nitrogens with zero attached hydrogens (tertiary/aromatic N) is 1. The average Bonchev–Trinajstić information content (AvgIpc) is 2.89. The van der Waals surface area contributed by atoms with Crippen molar-refractivity contribution in [2.45, 2.75) is 44.6 Å². The molecule has 1 saturated carbocycles. The number of hydrogen-bond acceptors (Lipinski definition) is 2. The second-order valence-corrected chi connectivity index (χ2v) is 6.39. The molecular formula is C17H20F2N2O2. The summed E-state index contributed by atoms with van der Waals surface area (Å²) in [6.45, 7) is 0.396. The molecule has 1 aromatic carbocycles. The number of hydrogen-bond donors (Lipinski definition) is 1.